The van der Waals surface area contributed by atoms with Crippen molar-refractivity contribution in [1.82, 2.24) is 5.32 Å². The van der Waals surface area contributed by atoms with Gasteiger partial charge in [0.05, 0.1) is 10.8 Å². The molecule has 1 aromatic heterocycles. The van der Waals surface area contributed by atoms with E-state index in [1.165, 1.54) is 14.0 Å². The third-order valence-electron chi connectivity index (χ3n) is 2.74. The van der Waals surface area contributed by atoms with E-state index < -0.39 is 5.60 Å². The smallest absolute Gasteiger partial charge is 0.407 e. The Kier molecular flexibility index (Phi) is 7.10. The standard InChI is InChI=1S/C17H20BrNO2S3/c1-17(2,3)21-16(20)19-10-12-5-6-15(23-12)24-14-8-11(18)7-13(9-14)22-4/h5-9H,10H2,1-4H3,(H,19,20). The molecule has 1 aromatic carbocycles. The Labute approximate surface area is 164 Å². The van der Waals surface area contributed by atoms with Crippen LogP contribution in [0.5, 0.6) is 0 Å². The van der Waals surface area contributed by atoms with E-state index in [1.54, 1.807) is 34.9 Å². The zero-order valence-corrected chi connectivity index (χ0v) is 18.0. The molecule has 0 atom stereocenters. The zero-order chi connectivity index (χ0) is 17.7. The lowest BCUT2D eigenvalue weighted by Gasteiger charge is -2.19. The minimum absolute atomic E-state index is 0.387. The van der Waals surface area contributed by atoms with E-state index in [4.69, 9.17) is 4.74 Å². The summed E-state index contributed by atoms with van der Waals surface area (Å²) in [5.74, 6) is 0. The van der Waals surface area contributed by atoms with Gasteiger partial charge in [-0.25, -0.2) is 4.79 Å². The number of amides is 1. The number of ether oxygens (including phenoxy) is 1. The number of thioether (sulfide) groups is 1. The molecule has 0 saturated heterocycles. The first kappa shape index (κ1) is 19.7. The van der Waals surface area contributed by atoms with Crippen molar-refractivity contribution >= 4 is 56.9 Å². The van der Waals surface area contributed by atoms with Gasteiger partial charge in [0.25, 0.3) is 0 Å². The van der Waals surface area contributed by atoms with Gasteiger partial charge in [-0.2, -0.15) is 0 Å². The van der Waals surface area contributed by atoms with Crippen molar-refractivity contribution in [3.8, 4) is 0 Å². The summed E-state index contributed by atoms with van der Waals surface area (Å²) in [7, 11) is 0. The molecule has 1 N–H and O–H groups in total. The predicted octanol–water partition coefficient (Wildman–Crippen LogP) is 6.41. The van der Waals surface area contributed by atoms with Crippen LogP contribution in [0.3, 0.4) is 0 Å². The third kappa shape index (κ3) is 6.70. The Bertz CT molecular complexity index is 710. The highest BCUT2D eigenvalue weighted by Gasteiger charge is 2.16. The molecule has 0 aliphatic rings. The number of benzene rings is 1. The quantitative estimate of drug-likeness (QED) is 0.539. The molecule has 3 nitrogen and oxygen atoms in total. The van der Waals surface area contributed by atoms with Crippen LogP contribution >= 0.6 is 50.8 Å². The third-order valence-corrected chi connectivity index (χ3v) is 6.10. The summed E-state index contributed by atoms with van der Waals surface area (Å²) < 4.78 is 7.52. The van der Waals surface area contributed by atoms with Gasteiger partial charge in [-0.3, -0.25) is 0 Å². The van der Waals surface area contributed by atoms with Crippen molar-refractivity contribution in [1.29, 1.82) is 0 Å². The number of rotatable bonds is 5. The van der Waals surface area contributed by atoms with E-state index in [2.05, 4.69) is 51.8 Å². The van der Waals surface area contributed by atoms with Gasteiger partial charge in [-0.05, 0) is 57.4 Å². The molecule has 1 amide bonds. The molecule has 0 unspecified atom stereocenters. The first-order valence-corrected chi connectivity index (χ1v) is 11.0. The molecule has 0 spiro atoms. The molecule has 24 heavy (non-hydrogen) atoms. The molecule has 0 saturated carbocycles. The average molecular weight is 446 g/mol. The highest BCUT2D eigenvalue weighted by Crippen LogP contribution is 2.36. The molecular weight excluding hydrogens is 426 g/mol. The molecular formula is C17H20BrNO2S3. The summed E-state index contributed by atoms with van der Waals surface area (Å²) in [4.78, 5) is 15.2. The Hall–Kier alpha value is -0.630. The van der Waals surface area contributed by atoms with Crippen molar-refractivity contribution in [3.63, 3.8) is 0 Å². The van der Waals surface area contributed by atoms with E-state index in [-0.39, 0.29) is 6.09 Å². The maximum Gasteiger partial charge on any atom is 0.407 e. The molecule has 130 valence electrons. The van der Waals surface area contributed by atoms with E-state index in [9.17, 15) is 4.79 Å². The lowest BCUT2D eigenvalue weighted by molar-refractivity contribution is 0.0524. The molecule has 0 fully saturated rings. The highest BCUT2D eigenvalue weighted by atomic mass is 79.9. The van der Waals surface area contributed by atoms with Gasteiger partial charge in [0.15, 0.2) is 0 Å². The largest absolute Gasteiger partial charge is 0.444 e. The first-order chi connectivity index (χ1) is 11.2. The minimum atomic E-state index is -0.476. The second-order valence-electron chi connectivity index (χ2n) is 6.01. The average Bonchev–Trinajstić information content (AvgIpc) is 2.90. The number of halogens is 1. The molecule has 2 aromatic rings. The van der Waals surface area contributed by atoms with Crippen molar-refractivity contribution in [2.45, 2.75) is 46.9 Å². The number of alkyl carbamates (subject to hydrolysis) is 1. The Morgan fingerprint density at radius 1 is 1.25 bits per heavy atom. The Balaban J connectivity index is 1.94. The van der Waals surface area contributed by atoms with Crippen molar-refractivity contribution in [2.75, 3.05) is 6.26 Å². The normalized spacial score (nSPS) is 11.4. The summed E-state index contributed by atoms with van der Waals surface area (Å²) in [5.41, 5.74) is -0.476. The Morgan fingerprint density at radius 3 is 2.62 bits per heavy atom. The summed E-state index contributed by atoms with van der Waals surface area (Å²) in [6.45, 7) is 6.04. The molecule has 0 aliphatic heterocycles. The van der Waals surface area contributed by atoms with Crippen LogP contribution in [0.15, 0.2) is 48.8 Å². The number of hydrogen-bond donors (Lipinski definition) is 1. The number of hydrogen-bond acceptors (Lipinski definition) is 5. The van der Waals surface area contributed by atoms with Crippen LogP contribution in [-0.2, 0) is 11.3 Å². The van der Waals surface area contributed by atoms with Crippen molar-refractivity contribution in [3.05, 3.63) is 39.7 Å². The maximum atomic E-state index is 11.7. The number of thiophene rings is 1. The van der Waals surface area contributed by atoms with Gasteiger partial charge in [-0.15, -0.1) is 23.1 Å². The molecule has 0 radical (unpaired) electrons. The summed E-state index contributed by atoms with van der Waals surface area (Å²) >= 11 is 8.68. The van der Waals surface area contributed by atoms with E-state index in [0.29, 0.717) is 6.54 Å². The Morgan fingerprint density at radius 2 is 1.96 bits per heavy atom. The van der Waals surface area contributed by atoms with Crippen LogP contribution in [0.2, 0.25) is 0 Å². The van der Waals surface area contributed by atoms with Crippen LogP contribution in [0.1, 0.15) is 25.6 Å². The van der Waals surface area contributed by atoms with Crippen molar-refractivity contribution < 1.29 is 9.53 Å². The van der Waals surface area contributed by atoms with Gasteiger partial charge in [0.1, 0.15) is 5.60 Å². The van der Waals surface area contributed by atoms with Gasteiger partial charge in [-0.1, -0.05) is 27.7 Å². The minimum Gasteiger partial charge on any atom is -0.444 e. The fraction of sp³-hybridized carbons (Fsp3) is 0.353. The molecule has 2 rings (SSSR count). The van der Waals surface area contributed by atoms with Gasteiger partial charge >= 0.3 is 6.09 Å². The van der Waals surface area contributed by atoms with E-state index >= 15 is 0 Å². The zero-order valence-electron chi connectivity index (χ0n) is 14.0. The van der Waals surface area contributed by atoms with Crippen LogP contribution < -0.4 is 5.32 Å². The molecule has 0 aliphatic carbocycles. The first-order valence-electron chi connectivity index (χ1n) is 7.33. The maximum absolute atomic E-state index is 11.7. The summed E-state index contributed by atoms with van der Waals surface area (Å²) in [6, 6.07) is 10.5. The molecule has 1 heterocycles. The van der Waals surface area contributed by atoms with Crippen molar-refractivity contribution in [2.24, 2.45) is 0 Å². The summed E-state index contributed by atoms with van der Waals surface area (Å²) in [6.07, 6.45) is 1.68. The fourth-order valence-corrected chi connectivity index (χ4v) is 5.36. The van der Waals surface area contributed by atoms with E-state index in [0.717, 1.165) is 9.35 Å². The monoisotopic (exact) mass is 445 g/mol. The van der Waals surface area contributed by atoms with Crippen LogP contribution in [0.25, 0.3) is 0 Å². The lowest BCUT2D eigenvalue weighted by Crippen LogP contribution is -2.31. The van der Waals surface area contributed by atoms with Crippen LogP contribution in [0, 0.1) is 0 Å². The number of carbonyl (C=O) groups excluding carboxylic acids is 1. The van der Waals surface area contributed by atoms with Crippen LogP contribution in [-0.4, -0.2) is 18.0 Å². The van der Waals surface area contributed by atoms with Gasteiger partial charge < -0.3 is 10.1 Å². The second kappa shape index (κ2) is 8.65. The van der Waals surface area contributed by atoms with Gasteiger partial charge in [0.2, 0.25) is 0 Å². The number of carbonyl (C=O) groups is 1. The molecule has 0 bridgehead atoms. The van der Waals surface area contributed by atoms with E-state index in [1.807, 2.05) is 26.8 Å². The predicted molar refractivity (Wildman–Crippen MR) is 107 cm³/mol. The fourth-order valence-electron chi connectivity index (χ4n) is 1.81. The summed E-state index contributed by atoms with van der Waals surface area (Å²) in [5, 5.41) is 2.79. The van der Waals surface area contributed by atoms with Gasteiger partial charge in [0, 0.05) is 19.1 Å². The second-order valence-corrected chi connectivity index (χ2v) is 10.3. The molecule has 7 heteroatoms. The lowest BCUT2D eigenvalue weighted by atomic mass is 10.2. The number of nitrogens with one attached hydrogen (secondary N) is 1. The topological polar surface area (TPSA) is 38.3 Å². The SMILES string of the molecule is CSc1cc(Br)cc(Sc2ccc(CNC(=O)OC(C)(C)C)s2)c1. The highest BCUT2D eigenvalue weighted by molar-refractivity contribution is 9.10. The van der Waals surface area contributed by atoms with Crippen LogP contribution in [0.4, 0.5) is 4.79 Å².